The second-order valence-corrected chi connectivity index (χ2v) is 13.0. The number of para-hydroxylation sites is 2. The summed E-state index contributed by atoms with van der Waals surface area (Å²) in [6.07, 6.45) is 1.41. The molecule has 3 aromatic rings. The highest BCUT2D eigenvalue weighted by molar-refractivity contribution is 8.78. The highest BCUT2D eigenvalue weighted by atomic mass is 33.1. The van der Waals surface area contributed by atoms with Crippen molar-refractivity contribution in [3.8, 4) is 0 Å². The molecule has 4 fully saturated rings. The third-order valence-corrected chi connectivity index (χ3v) is 12.3. The van der Waals surface area contributed by atoms with Gasteiger partial charge in [-0.25, -0.2) is 8.51 Å². The van der Waals surface area contributed by atoms with Crippen LogP contribution in [0.15, 0.2) is 54.7 Å². The lowest BCUT2D eigenvalue weighted by Gasteiger charge is -2.57. The van der Waals surface area contributed by atoms with Crippen LogP contribution in [-0.4, -0.2) is 58.3 Å². The van der Waals surface area contributed by atoms with E-state index < -0.39 is 32.6 Å². The number of likely N-dealkylation sites (N-methyl/N-ethyl adjacent to an activating group) is 1. The summed E-state index contributed by atoms with van der Waals surface area (Å²) in [4.78, 5) is 32.2. The Hall–Kier alpha value is -2.47. The minimum Gasteiger partial charge on any atom is -0.361 e. The number of hydrogen-bond acceptors (Lipinski definition) is 5. The standard InChI is InChI=1S/C23H20N4O4S3/c1-21-19(28)26-18-22(12-23(26,33-32-21)20(29)25(21)2,15-11-24-16-9-5-3-7-13(15)16)14-8-4-6-10-17(14)27(18)34(30)31/h3-11,18,24H,12H2,1-2H3,(H,30,31)/t18-,21+,22+,23-/m0/s1. The molecule has 11 heteroatoms. The highest BCUT2D eigenvalue weighted by Gasteiger charge is 2.79. The van der Waals surface area contributed by atoms with Gasteiger partial charge >= 0.3 is 0 Å². The molecule has 1 spiro atoms. The van der Waals surface area contributed by atoms with E-state index in [1.165, 1.54) is 25.9 Å². The molecule has 1 unspecified atom stereocenters. The monoisotopic (exact) mass is 512 g/mol. The fraction of sp³-hybridized carbons (Fsp3) is 0.304. The minimum atomic E-state index is -2.41. The van der Waals surface area contributed by atoms with Crippen LogP contribution in [-0.2, 0) is 26.3 Å². The van der Waals surface area contributed by atoms with Crippen LogP contribution in [0.25, 0.3) is 10.9 Å². The predicted molar refractivity (Wildman–Crippen MR) is 133 cm³/mol. The van der Waals surface area contributed by atoms with Gasteiger partial charge in [-0.05, 0) is 30.2 Å². The van der Waals surface area contributed by atoms with E-state index in [-0.39, 0.29) is 11.8 Å². The number of nitrogens with one attached hydrogen (secondary N) is 1. The molecule has 0 radical (unpaired) electrons. The number of carbonyl (C=O) groups excluding carboxylic acids is 2. The third kappa shape index (κ3) is 2.08. The van der Waals surface area contributed by atoms with Crippen LogP contribution in [0.5, 0.6) is 0 Å². The molecule has 1 aromatic heterocycles. The maximum absolute atomic E-state index is 14.1. The first-order valence-electron chi connectivity index (χ1n) is 10.8. The summed E-state index contributed by atoms with van der Waals surface area (Å²) in [6.45, 7) is 1.75. The van der Waals surface area contributed by atoms with E-state index in [1.54, 1.807) is 23.8 Å². The number of fused-ring (bicyclic) bond motifs is 6. The number of rotatable bonds is 2. The Morgan fingerprint density at radius 3 is 2.59 bits per heavy atom. The van der Waals surface area contributed by atoms with Crippen molar-refractivity contribution in [2.24, 2.45) is 0 Å². The Morgan fingerprint density at radius 2 is 1.79 bits per heavy atom. The number of benzene rings is 2. The van der Waals surface area contributed by atoms with Gasteiger partial charge in [-0.15, -0.1) is 0 Å². The normalized spacial score (nSPS) is 34.6. The first-order valence-corrected chi connectivity index (χ1v) is 14.0. The molecule has 2 N–H and O–H groups in total. The predicted octanol–water partition coefficient (Wildman–Crippen LogP) is 3.25. The van der Waals surface area contributed by atoms with Gasteiger partial charge in [0, 0.05) is 30.6 Å². The lowest BCUT2D eigenvalue weighted by Crippen LogP contribution is -2.76. The molecule has 0 aliphatic carbocycles. The molecular formula is C23H20N4O4S3. The van der Waals surface area contributed by atoms with E-state index in [9.17, 15) is 18.4 Å². The Kier molecular flexibility index (Phi) is 3.92. The Morgan fingerprint density at radius 1 is 1.06 bits per heavy atom. The molecular weight excluding hydrogens is 492 g/mol. The molecule has 34 heavy (non-hydrogen) atoms. The van der Waals surface area contributed by atoms with E-state index in [2.05, 4.69) is 4.98 Å². The summed E-state index contributed by atoms with van der Waals surface area (Å²) < 4.78 is 24.8. The van der Waals surface area contributed by atoms with Gasteiger partial charge < -0.3 is 9.88 Å². The van der Waals surface area contributed by atoms with Crippen molar-refractivity contribution in [1.29, 1.82) is 0 Å². The van der Waals surface area contributed by atoms with Gasteiger partial charge in [0.2, 0.25) is 0 Å². The number of aromatic nitrogens is 1. The summed E-state index contributed by atoms with van der Waals surface area (Å²) in [5.41, 5.74) is 2.41. The fourth-order valence-electron chi connectivity index (χ4n) is 6.30. The second kappa shape index (κ2) is 6.39. The van der Waals surface area contributed by atoms with Crippen molar-refractivity contribution < 1.29 is 18.4 Å². The van der Waals surface area contributed by atoms with Crippen LogP contribution in [0.3, 0.4) is 0 Å². The summed E-state index contributed by atoms with van der Waals surface area (Å²) in [5, 5.41) is 0.968. The minimum absolute atomic E-state index is 0.145. The van der Waals surface area contributed by atoms with Crippen molar-refractivity contribution in [3.63, 3.8) is 0 Å². The number of piperazine rings is 1. The van der Waals surface area contributed by atoms with Crippen molar-refractivity contribution >= 4 is 61.3 Å². The zero-order valence-electron chi connectivity index (χ0n) is 18.2. The maximum Gasteiger partial charge on any atom is 0.263 e. The lowest BCUT2D eigenvalue weighted by molar-refractivity contribution is -0.163. The number of carbonyl (C=O) groups is 2. The van der Waals surface area contributed by atoms with Crippen molar-refractivity contribution in [1.82, 2.24) is 14.8 Å². The molecule has 2 aromatic carbocycles. The van der Waals surface area contributed by atoms with Crippen LogP contribution in [0.1, 0.15) is 24.5 Å². The number of amides is 2. The number of anilines is 1. The van der Waals surface area contributed by atoms with Crippen LogP contribution in [0.4, 0.5) is 5.69 Å². The lowest BCUT2D eigenvalue weighted by atomic mass is 9.72. The Bertz CT molecular complexity index is 1460. The molecule has 8 nitrogen and oxygen atoms in total. The largest absolute Gasteiger partial charge is 0.361 e. The smallest absolute Gasteiger partial charge is 0.263 e. The number of nitrogens with zero attached hydrogens (tertiary/aromatic N) is 3. The molecule has 5 aliphatic heterocycles. The molecule has 5 aliphatic rings. The van der Waals surface area contributed by atoms with Crippen LogP contribution >= 0.6 is 21.6 Å². The van der Waals surface area contributed by atoms with E-state index in [4.69, 9.17) is 0 Å². The first-order chi connectivity index (χ1) is 16.3. The van der Waals surface area contributed by atoms with Gasteiger partial charge in [0.25, 0.3) is 23.1 Å². The van der Waals surface area contributed by atoms with E-state index >= 15 is 0 Å². The first kappa shape index (κ1) is 20.9. The van der Waals surface area contributed by atoms with Gasteiger partial charge in [0.15, 0.2) is 9.74 Å². The zero-order valence-corrected chi connectivity index (χ0v) is 20.7. The molecule has 2 amide bonds. The SMILES string of the molecule is CN1C(=O)[C@@]23C[C@]4(c5c[nH]c6ccccc56)c5ccccc5N(S(=O)O)[C@@H]4N2C(=O)[C@@]1(C)SS3. The van der Waals surface area contributed by atoms with Gasteiger partial charge in [-0.3, -0.25) is 19.0 Å². The molecule has 2 bridgehead atoms. The van der Waals surface area contributed by atoms with Crippen LogP contribution < -0.4 is 4.31 Å². The summed E-state index contributed by atoms with van der Waals surface area (Å²) in [7, 11) is 4.48. The van der Waals surface area contributed by atoms with E-state index in [1.807, 2.05) is 54.7 Å². The van der Waals surface area contributed by atoms with Crippen LogP contribution in [0.2, 0.25) is 0 Å². The molecule has 0 saturated carbocycles. The summed E-state index contributed by atoms with van der Waals surface area (Å²) in [5.74, 6) is -0.360. The quantitative estimate of drug-likeness (QED) is 0.404. The fourth-order valence-corrected chi connectivity index (χ4v) is 10.6. The molecule has 4 saturated heterocycles. The molecule has 174 valence electrons. The Balaban J connectivity index is 1.60. The molecule has 5 atom stereocenters. The van der Waals surface area contributed by atoms with E-state index in [0.29, 0.717) is 12.1 Å². The van der Waals surface area contributed by atoms with Gasteiger partial charge in [0.05, 0.1) is 11.1 Å². The van der Waals surface area contributed by atoms with Gasteiger partial charge in [-0.2, -0.15) is 0 Å². The average Bonchev–Trinajstić information content (AvgIpc) is 3.47. The molecule has 8 rings (SSSR count). The average molecular weight is 513 g/mol. The highest BCUT2D eigenvalue weighted by Crippen LogP contribution is 2.71. The number of aromatic amines is 1. The van der Waals surface area contributed by atoms with Gasteiger partial charge in [-0.1, -0.05) is 58.0 Å². The zero-order chi connectivity index (χ0) is 23.6. The number of hydrogen-bond donors (Lipinski definition) is 2. The Labute approximate surface area is 205 Å². The van der Waals surface area contributed by atoms with Crippen LogP contribution in [0, 0.1) is 0 Å². The summed E-state index contributed by atoms with van der Waals surface area (Å²) >= 11 is -2.41. The third-order valence-electron chi connectivity index (χ3n) is 7.91. The van der Waals surface area contributed by atoms with Crippen molar-refractivity contribution in [2.45, 2.75) is 34.7 Å². The number of H-pyrrole nitrogens is 1. The van der Waals surface area contributed by atoms with Crippen molar-refractivity contribution in [2.75, 3.05) is 11.4 Å². The maximum atomic E-state index is 14.1. The van der Waals surface area contributed by atoms with Gasteiger partial charge in [0.1, 0.15) is 6.17 Å². The van der Waals surface area contributed by atoms with E-state index in [0.717, 1.165) is 22.0 Å². The topological polar surface area (TPSA) is 96.9 Å². The second-order valence-electron chi connectivity index (χ2n) is 9.32. The summed E-state index contributed by atoms with van der Waals surface area (Å²) in [6, 6.07) is 15.4. The molecule has 6 heterocycles. The van der Waals surface area contributed by atoms with Crippen molar-refractivity contribution in [3.05, 3.63) is 65.9 Å².